The molecule has 0 spiro atoms. The normalized spacial score (nSPS) is 11.3. The van der Waals surface area contributed by atoms with E-state index in [-0.39, 0.29) is 5.91 Å². The van der Waals surface area contributed by atoms with Gasteiger partial charge in [-0.05, 0) is 43.2 Å². The Hall–Kier alpha value is -2.14. The lowest BCUT2D eigenvalue weighted by Crippen LogP contribution is -2.50. The van der Waals surface area contributed by atoms with E-state index in [9.17, 15) is 4.79 Å². The lowest BCUT2D eigenvalue weighted by Gasteiger charge is -2.25. The van der Waals surface area contributed by atoms with Gasteiger partial charge < -0.3 is 11.1 Å². The molecule has 106 valence electrons. The van der Waals surface area contributed by atoms with E-state index in [0.29, 0.717) is 12.8 Å². The molecule has 1 aromatic heterocycles. The number of hydrogen-bond acceptors (Lipinski definition) is 3. The zero-order valence-corrected chi connectivity index (χ0v) is 11.8. The van der Waals surface area contributed by atoms with Gasteiger partial charge in [0, 0.05) is 18.1 Å². The molecule has 0 atom stereocenters. The van der Waals surface area contributed by atoms with E-state index in [4.69, 9.17) is 5.73 Å². The third-order valence-corrected chi connectivity index (χ3v) is 3.61. The molecule has 0 aliphatic carbocycles. The first-order valence-electron chi connectivity index (χ1n) is 6.79. The number of rotatable bonds is 5. The van der Waals surface area contributed by atoms with Crippen molar-refractivity contribution in [3.63, 3.8) is 0 Å². The number of nitrogens with one attached hydrogen (secondary N) is 1. The number of amides is 1. The average Bonchev–Trinajstić information content (AvgIpc) is 3.01. The van der Waals surface area contributed by atoms with E-state index in [1.165, 1.54) is 0 Å². The fourth-order valence-electron chi connectivity index (χ4n) is 1.95. The summed E-state index contributed by atoms with van der Waals surface area (Å²) in [5, 5.41) is 7.02. The quantitative estimate of drug-likeness (QED) is 0.877. The highest BCUT2D eigenvalue weighted by molar-refractivity contribution is 5.97. The SMILES string of the molecule is CCC(N)(CC)C(=O)Nc1ccc(-n2cccn2)cc1. The molecule has 2 aromatic rings. The Labute approximate surface area is 118 Å². The third-order valence-electron chi connectivity index (χ3n) is 3.61. The molecule has 5 heteroatoms. The smallest absolute Gasteiger partial charge is 0.244 e. The Morgan fingerprint density at radius 2 is 1.95 bits per heavy atom. The lowest BCUT2D eigenvalue weighted by molar-refractivity contribution is -0.121. The van der Waals surface area contributed by atoms with Gasteiger partial charge in [-0.3, -0.25) is 4.79 Å². The standard InChI is InChI=1S/C15H20N4O/c1-3-15(16,4-2)14(20)18-12-6-8-13(9-7-12)19-11-5-10-17-19/h5-11H,3-4,16H2,1-2H3,(H,18,20). The van der Waals surface area contributed by atoms with Gasteiger partial charge in [0.2, 0.25) is 5.91 Å². The van der Waals surface area contributed by atoms with Gasteiger partial charge in [-0.1, -0.05) is 13.8 Å². The van der Waals surface area contributed by atoms with Crippen molar-refractivity contribution in [3.05, 3.63) is 42.7 Å². The summed E-state index contributed by atoms with van der Waals surface area (Å²) in [6, 6.07) is 9.36. The molecule has 1 aromatic carbocycles. The Morgan fingerprint density at radius 1 is 1.30 bits per heavy atom. The van der Waals surface area contributed by atoms with Gasteiger partial charge in [0.1, 0.15) is 0 Å². The third kappa shape index (κ3) is 2.88. The van der Waals surface area contributed by atoms with Gasteiger partial charge in [-0.15, -0.1) is 0 Å². The molecular formula is C15H20N4O. The maximum absolute atomic E-state index is 12.2. The maximum atomic E-state index is 12.2. The molecule has 2 rings (SSSR count). The van der Waals surface area contributed by atoms with E-state index >= 15 is 0 Å². The minimum Gasteiger partial charge on any atom is -0.324 e. The van der Waals surface area contributed by atoms with Gasteiger partial charge in [-0.25, -0.2) is 4.68 Å². The molecule has 1 amide bonds. The molecule has 0 bridgehead atoms. The van der Waals surface area contributed by atoms with Crippen LogP contribution >= 0.6 is 0 Å². The lowest BCUT2D eigenvalue weighted by atomic mass is 9.93. The van der Waals surface area contributed by atoms with Gasteiger partial charge in [0.05, 0.1) is 11.2 Å². The van der Waals surface area contributed by atoms with Gasteiger partial charge in [0.15, 0.2) is 0 Å². The highest BCUT2D eigenvalue weighted by Gasteiger charge is 2.29. The number of benzene rings is 1. The van der Waals surface area contributed by atoms with Crippen molar-refractivity contribution < 1.29 is 4.79 Å². The van der Waals surface area contributed by atoms with E-state index in [1.807, 2.05) is 50.4 Å². The van der Waals surface area contributed by atoms with E-state index in [1.54, 1.807) is 10.9 Å². The monoisotopic (exact) mass is 272 g/mol. The molecule has 0 aliphatic rings. The molecular weight excluding hydrogens is 252 g/mol. The van der Waals surface area contributed by atoms with Gasteiger partial charge >= 0.3 is 0 Å². The molecule has 0 aliphatic heterocycles. The molecule has 1 heterocycles. The predicted molar refractivity (Wildman–Crippen MR) is 79.7 cm³/mol. The fourth-order valence-corrected chi connectivity index (χ4v) is 1.95. The van der Waals surface area contributed by atoms with Gasteiger partial charge in [-0.2, -0.15) is 5.10 Å². The van der Waals surface area contributed by atoms with Crippen LogP contribution in [-0.2, 0) is 4.79 Å². The molecule has 0 saturated carbocycles. The summed E-state index contributed by atoms with van der Waals surface area (Å²) in [5.41, 5.74) is 6.95. The molecule has 20 heavy (non-hydrogen) atoms. The van der Waals surface area contributed by atoms with E-state index < -0.39 is 5.54 Å². The van der Waals surface area contributed by atoms with Crippen molar-refractivity contribution in [2.24, 2.45) is 5.73 Å². The van der Waals surface area contributed by atoms with Crippen molar-refractivity contribution in [3.8, 4) is 5.69 Å². The highest BCUT2D eigenvalue weighted by atomic mass is 16.2. The summed E-state index contributed by atoms with van der Waals surface area (Å²) in [6.07, 6.45) is 4.81. The molecule has 0 fully saturated rings. The molecule has 0 saturated heterocycles. The second-order valence-electron chi connectivity index (χ2n) is 4.81. The topological polar surface area (TPSA) is 72.9 Å². The van der Waals surface area contributed by atoms with E-state index in [0.717, 1.165) is 11.4 Å². The number of carbonyl (C=O) groups is 1. The Morgan fingerprint density at radius 3 is 2.45 bits per heavy atom. The summed E-state index contributed by atoms with van der Waals surface area (Å²) in [6.45, 7) is 3.84. The van der Waals surface area contributed by atoms with Crippen LogP contribution < -0.4 is 11.1 Å². The Bertz CT molecular complexity index is 556. The first-order chi connectivity index (χ1) is 9.59. The minimum atomic E-state index is -0.805. The van der Waals surface area contributed by atoms with Crippen LogP contribution in [-0.4, -0.2) is 21.2 Å². The van der Waals surface area contributed by atoms with Crippen LogP contribution in [0, 0.1) is 0 Å². The molecule has 0 unspecified atom stereocenters. The van der Waals surface area contributed by atoms with Crippen molar-refractivity contribution in [2.75, 3.05) is 5.32 Å². The van der Waals surface area contributed by atoms with Crippen LogP contribution in [0.2, 0.25) is 0 Å². The first kappa shape index (κ1) is 14.3. The van der Waals surface area contributed by atoms with Crippen LogP contribution in [0.15, 0.2) is 42.7 Å². The van der Waals surface area contributed by atoms with Crippen molar-refractivity contribution >= 4 is 11.6 Å². The zero-order valence-electron chi connectivity index (χ0n) is 11.8. The first-order valence-corrected chi connectivity index (χ1v) is 6.79. The van der Waals surface area contributed by atoms with Gasteiger partial charge in [0.25, 0.3) is 0 Å². The average molecular weight is 272 g/mol. The van der Waals surface area contributed by atoms with Crippen molar-refractivity contribution in [1.82, 2.24) is 9.78 Å². The minimum absolute atomic E-state index is 0.144. The molecule has 0 radical (unpaired) electrons. The summed E-state index contributed by atoms with van der Waals surface area (Å²) < 4.78 is 1.76. The molecule has 5 nitrogen and oxygen atoms in total. The molecule has 3 N–H and O–H groups in total. The summed E-state index contributed by atoms with van der Waals surface area (Å²) in [7, 11) is 0. The van der Waals surface area contributed by atoms with Crippen LogP contribution in [0.4, 0.5) is 5.69 Å². The zero-order chi connectivity index (χ0) is 14.6. The van der Waals surface area contributed by atoms with Crippen molar-refractivity contribution in [1.29, 1.82) is 0 Å². The highest BCUT2D eigenvalue weighted by Crippen LogP contribution is 2.17. The second-order valence-corrected chi connectivity index (χ2v) is 4.81. The van der Waals surface area contributed by atoms with E-state index in [2.05, 4.69) is 10.4 Å². The van der Waals surface area contributed by atoms with Crippen LogP contribution in [0.1, 0.15) is 26.7 Å². The largest absolute Gasteiger partial charge is 0.324 e. The number of nitrogens with two attached hydrogens (primary N) is 1. The summed E-state index contributed by atoms with van der Waals surface area (Å²) >= 11 is 0. The number of carbonyl (C=O) groups excluding carboxylic acids is 1. The van der Waals surface area contributed by atoms with Crippen LogP contribution in [0.5, 0.6) is 0 Å². The van der Waals surface area contributed by atoms with Crippen molar-refractivity contribution in [2.45, 2.75) is 32.2 Å². The summed E-state index contributed by atoms with van der Waals surface area (Å²) in [5.74, 6) is -0.144. The fraction of sp³-hybridized carbons (Fsp3) is 0.333. The number of hydrogen-bond donors (Lipinski definition) is 2. The summed E-state index contributed by atoms with van der Waals surface area (Å²) in [4.78, 5) is 12.2. The Balaban J connectivity index is 2.10. The Kier molecular flexibility index (Phi) is 4.20. The second kappa shape index (κ2) is 5.88. The van der Waals surface area contributed by atoms with Crippen LogP contribution in [0.3, 0.4) is 0 Å². The number of aromatic nitrogens is 2. The predicted octanol–water partition coefficient (Wildman–Crippen LogP) is 2.33. The number of anilines is 1. The maximum Gasteiger partial charge on any atom is 0.244 e. The van der Waals surface area contributed by atoms with Crippen LogP contribution in [0.25, 0.3) is 5.69 Å². The number of nitrogens with zero attached hydrogens (tertiary/aromatic N) is 2.